The number of rotatable bonds is 10. The first-order chi connectivity index (χ1) is 20.6. The lowest BCUT2D eigenvalue weighted by atomic mass is 9.72. The van der Waals surface area contributed by atoms with E-state index in [0.29, 0.717) is 24.3 Å². The molecule has 2 heterocycles. The highest BCUT2D eigenvalue weighted by Gasteiger charge is 2.57. The number of carbonyl (C=O) groups excluding carboxylic acids is 1. The van der Waals surface area contributed by atoms with E-state index >= 15 is 4.39 Å². The van der Waals surface area contributed by atoms with Crippen LogP contribution in [0.1, 0.15) is 44.2 Å². The molecular formula is C32H38Cl2FN3O5S. The van der Waals surface area contributed by atoms with Crippen molar-refractivity contribution in [2.24, 2.45) is 0 Å². The second-order valence-corrected chi connectivity index (χ2v) is 13.3. The third kappa shape index (κ3) is 6.41. The van der Waals surface area contributed by atoms with Crippen LogP contribution < -0.4 is 19.1 Å². The normalized spacial score (nSPS) is 19.0. The molecule has 0 aliphatic carbocycles. The third-order valence-electron chi connectivity index (χ3n) is 8.02. The Balaban J connectivity index is 0.00000442. The highest BCUT2D eigenvalue weighted by atomic mass is 35.5. The molecule has 238 valence electrons. The Labute approximate surface area is 269 Å². The lowest BCUT2D eigenvalue weighted by Crippen LogP contribution is -2.45. The van der Waals surface area contributed by atoms with Crippen LogP contribution in [0.5, 0.6) is 11.5 Å². The predicted molar refractivity (Wildman–Crippen MR) is 172 cm³/mol. The van der Waals surface area contributed by atoms with Crippen molar-refractivity contribution >= 4 is 45.6 Å². The molecule has 3 aromatic rings. The number of nitrogens with zero attached hydrogens (tertiary/aromatic N) is 2. The zero-order valence-corrected chi connectivity index (χ0v) is 27.4. The van der Waals surface area contributed by atoms with Crippen LogP contribution in [-0.4, -0.2) is 65.2 Å². The summed E-state index contributed by atoms with van der Waals surface area (Å²) in [6, 6.07) is 15.0. The van der Waals surface area contributed by atoms with Gasteiger partial charge in [0.1, 0.15) is 22.7 Å². The van der Waals surface area contributed by atoms with Crippen LogP contribution in [0.3, 0.4) is 0 Å². The molecule has 1 unspecified atom stereocenters. The maximum Gasteiger partial charge on any atom is 0.270 e. The van der Waals surface area contributed by atoms with Crippen LogP contribution in [0.15, 0.2) is 65.6 Å². The molecular weight excluding hydrogens is 628 g/mol. The number of ether oxygens (including phenoxy) is 2. The predicted octanol–water partition coefficient (Wildman–Crippen LogP) is 5.79. The first-order valence-corrected chi connectivity index (χ1v) is 16.3. The average molecular weight is 667 g/mol. The van der Waals surface area contributed by atoms with Gasteiger partial charge in [-0.2, -0.15) is 0 Å². The number of carbonyl (C=O) groups is 1. The van der Waals surface area contributed by atoms with Crippen LogP contribution in [0, 0.1) is 5.82 Å². The number of hydrogen-bond donors (Lipinski definition) is 1. The molecule has 1 atom stereocenters. The highest BCUT2D eigenvalue weighted by molar-refractivity contribution is 7.93. The summed E-state index contributed by atoms with van der Waals surface area (Å²) in [5.41, 5.74) is -1.10. The van der Waals surface area contributed by atoms with Gasteiger partial charge < -0.3 is 19.7 Å². The van der Waals surface area contributed by atoms with E-state index in [1.54, 1.807) is 36.4 Å². The van der Waals surface area contributed by atoms with Crippen molar-refractivity contribution in [2.45, 2.75) is 49.5 Å². The maximum absolute atomic E-state index is 15.7. The van der Waals surface area contributed by atoms with Crippen LogP contribution in [0.25, 0.3) is 0 Å². The van der Waals surface area contributed by atoms with E-state index in [-0.39, 0.29) is 51.9 Å². The minimum Gasteiger partial charge on any atom is -0.495 e. The smallest absolute Gasteiger partial charge is 0.270 e. The molecule has 0 radical (unpaired) electrons. The Bertz CT molecular complexity index is 1580. The highest BCUT2D eigenvalue weighted by Crippen LogP contribution is 2.53. The number of sulfonamides is 1. The molecule has 1 fully saturated rings. The molecule has 0 aromatic heterocycles. The molecule has 0 spiro atoms. The molecule has 12 heteroatoms. The summed E-state index contributed by atoms with van der Waals surface area (Å²) in [6.07, 6.45) is 1.61. The zero-order chi connectivity index (χ0) is 30.8. The van der Waals surface area contributed by atoms with Gasteiger partial charge in [0.15, 0.2) is 0 Å². The van der Waals surface area contributed by atoms with Crippen molar-refractivity contribution in [3.8, 4) is 11.5 Å². The molecule has 1 saturated heterocycles. The Hall–Kier alpha value is -2.89. The van der Waals surface area contributed by atoms with Gasteiger partial charge in [0, 0.05) is 24.7 Å². The Morgan fingerprint density at radius 2 is 1.77 bits per heavy atom. The van der Waals surface area contributed by atoms with Gasteiger partial charge in [0.05, 0.1) is 28.8 Å². The van der Waals surface area contributed by atoms with Gasteiger partial charge in [0.2, 0.25) is 0 Å². The number of amides is 1. The van der Waals surface area contributed by atoms with Crippen molar-refractivity contribution in [1.29, 1.82) is 0 Å². The van der Waals surface area contributed by atoms with E-state index in [9.17, 15) is 13.2 Å². The number of hydrogen-bond acceptors (Lipinski definition) is 7. The second kappa shape index (κ2) is 14.0. The van der Waals surface area contributed by atoms with Gasteiger partial charge in [-0.1, -0.05) is 29.8 Å². The number of methoxy groups -OCH3 is 1. The second-order valence-electron chi connectivity index (χ2n) is 11.2. The number of nitrogens with one attached hydrogen (secondary N) is 1. The lowest BCUT2D eigenvalue weighted by molar-refractivity contribution is -0.121. The van der Waals surface area contributed by atoms with E-state index < -0.39 is 27.2 Å². The summed E-state index contributed by atoms with van der Waals surface area (Å²) in [5, 5.41) is 3.58. The molecule has 0 saturated carbocycles. The molecule has 1 N–H and O–H groups in total. The molecule has 2 aliphatic rings. The van der Waals surface area contributed by atoms with E-state index in [4.69, 9.17) is 21.1 Å². The molecule has 0 bridgehead atoms. The summed E-state index contributed by atoms with van der Waals surface area (Å²) in [5.74, 6) is -0.644. The fraction of sp³-hybridized carbons (Fsp3) is 0.406. The van der Waals surface area contributed by atoms with Crippen molar-refractivity contribution in [2.75, 3.05) is 44.1 Å². The van der Waals surface area contributed by atoms with E-state index in [1.807, 2.05) is 13.8 Å². The number of fused-ring (bicyclic) bond motifs is 1. The van der Waals surface area contributed by atoms with Crippen molar-refractivity contribution in [3.05, 3.63) is 82.6 Å². The average Bonchev–Trinajstić information content (AvgIpc) is 3.11. The molecule has 3 aromatic carbocycles. The lowest BCUT2D eigenvalue weighted by Gasteiger charge is -2.31. The van der Waals surface area contributed by atoms with Gasteiger partial charge in [0.25, 0.3) is 15.9 Å². The SMILES string of the molecule is COc1cc2c(cc1Cl)C(CCCN1CCCNCC1)(c1ccccc1F)C(=O)N2S(=O)(=O)c1ccc(OC(C)C)cc1.Cl. The standard InChI is InChI=1S/C32H37ClFN3O5S.ClH/c1-22(2)42-23-10-12-24(13-11-23)43(39,40)37-29-21-30(41-3)27(33)20-26(29)32(31(37)38,25-8-4-5-9-28(25)34)14-6-17-36-18-7-15-35-16-19-36;/h4-5,8-13,20-22,35H,6-7,14-19H2,1-3H3;1H. The topological polar surface area (TPSA) is 88.2 Å². The molecule has 5 rings (SSSR count). The molecule has 8 nitrogen and oxygen atoms in total. The van der Waals surface area contributed by atoms with E-state index in [0.717, 1.165) is 36.9 Å². The van der Waals surface area contributed by atoms with Gasteiger partial charge >= 0.3 is 0 Å². The van der Waals surface area contributed by atoms with Crippen LogP contribution >= 0.6 is 24.0 Å². The monoisotopic (exact) mass is 665 g/mol. The van der Waals surface area contributed by atoms with Crippen LogP contribution in [0.4, 0.5) is 10.1 Å². The number of halogens is 3. The summed E-state index contributed by atoms with van der Waals surface area (Å²) in [6.45, 7) is 7.99. The summed E-state index contributed by atoms with van der Waals surface area (Å²) in [4.78, 5) is 17.0. The summed E-state index contributed by atoms with van der Waals surface area (Å²) < 4.78 is 56.2. The van der Waals surface area contributed by atoms with Crippen LogP contribution in [-0.2, 0) is 20.2 Å². The Morgan fingerprint density at radius 1 is 1.05 bits per heavy atom. The molecule has 2 aliphatic heterocycles. The fourth-order valence-corrected chi connectivity index (χ4v) is 7.77. The van der Waals surface area contributed by atoms with Gasteiger partial charge in [-0.3, -0.25) is 4.79 Å². The number of benzene rings is 3. The zero-order valence-electron chi connectivity index (χ0n) is 25.0. The maximum atomic E-state index is 15.7. The van der Waals surface area contributed by atoms with Gasteiger partial charge in [-0.25, -0.2) is 17.1 Å². The van der Waals surface area contributed by atoms with Gasteiger partial charge in [-0.05, 0) is 94.7 Å². The third-order valence-corrected chi connectivity index (χ3v) is 10.0. The minimum atomic E-state index is -4.44. The van der Waals surface area contributed by atoms with E-state index in [1.165, 1.54) is 31.4 Å². The van der Waals surface area contributed by atoms with Crippen molar-refractivity contribution < 1.29 is 27.1 Å². The largest absolute Gasteiger partial charge is 0.495 e. The number of anilines is 1. The first kappa shape index (κ1) is 34.0. The summed E-state index contributed by atoms with van der Waals surface area (Å²) in [7, 11) is -3.02. The fourth-order valence-electron chi connectivity index (χ4n) is 6.05. The van der Waals surface area contributed by atoms with Crippen molar-refractivity contribution in [1.82, 2.24) is 10.2 Å². The van der Waals surface area contributed by atoms with Crippen LogP contribution in [0.2, 0.25) is 5.02 Å². The Kier molecular flexibility index (Phi) is 10.8. The first-order valence-electron chi connectivity index (χ1n) is 14.5. The molecule has 1 amide bonds. The quantitative estimate of drug-likeness (QED) is 0.293. The minimum absolute atomic E-state index is 0. The molecule has 44 heavy (non-hydrogen) atoms. The van der Waals surface area contributed by atoms with Gasteiger partial charge in [-0.15, -0.1) is 12.4 Å². The Morgan fingerprint density at radius 3 is 2.45 bits per heavy atom. The van der Waals surface area contributed by atoms with E-state index in [2.05, 4.69) is 10.2 Å². The summed E-state index contributed by atoms with van der Waals surface area (Å²) >= 11 is 6.59. The van der Waals surface area contributed by atoms with Crippen molar-refractivity contribution in [3.63, 3.8) is 0 Å².